The summed E-state index contributed by atoms with van der Waals surface area (Å²) in [5.74, 6) is 1.59. The van der Waals surface area contributed by atoms with Crippen LogP contribution in [0, 0.1) is 0 Å². The van der Waals surface area contributed by atoms with Gasteiger partial charge >= 0.3 is 0 Å². The maximum Gasteiger partial charge on any atom is 0.251 e. The van der Waals surface area contributed by atoms with Gasteiger partial charge in [-0.15, -0.1) is 0 Å². The second-order valence-electron chi connectivity index (χ2n) is 6.92. The van der Waals surface area contributed by atoms with E-state index in [4.69, 9.17) is 9.47 Å². The number of carbonyl (C=O) groups is 2. The number of para-hydroxylation sites is 2. The van der Waals surface area contributed by atoms with E-state index < -0.39 is 0 Å². The van der Waals surface area contributed by atoms with Crippen LogP contribution in [0.4, 0.5) is 0 Å². The van der Waals surface area contributed by atoms with E-state index in [0.717, 1.165) is 17.1 Å². The van der Waals surface area contributed by atoms with Crippen molar-refractivity contribution in [2.24, 2.45) is 0 Å². The molecule has 3 aromatic carbocycles. The summed E-state index contributed by atoms with van der Waals surface area (Å²) in [4.78, 5) is 24.7. The molecule has 0 saturated carbocycles. The fourth-order valence-corrected chi connectivity index (χ4v) is 3.30. The Balaban J connectivity index is 1.29. The van der Waals surface area contributed by atoms with E-state index in [1.807, 2.05) is 54.6 Å². The van der Waals surface area contributed by atoms with Crippen molar-refractivity contribution < 1.29 is 19.1 Å². The van der Waals surface area contributed by atoms with Crippen LogP contribution < -0.4 is 20.1 Å². The van der Waals surface area contributed by atoms with Crippen molar-refractivity contribution in [3.8, 4) is 17.2 Å². The first-order valence-electron chi connectivity index (χ1n) is 9.81. The van der Waals surface area contributed by atoms with Gasteiger partial charge in [0.1, 0.15) is 17.2 Å². The molecule has 152 valence electrons. The summed E-state index contributed by atoms with van der Waals surface area (Å²) in [6, 6.07) is 23.7. The van der Waals surface area contributed by atoms with Gasteiger partial charge in [-0.1, -0.05) is 36.4 Å². The normalized spacial score (nSPS) is 14.7. The summed E-state index contributed by atoms with van der Waals surface area (Å²) in [7, 11) is 0. The minimum atomic E-state index is -0.316. The van der Waals surface area contributed by atoms with E-state index in [1.54, 1.807) is 24.3 Å². The molecule has 0 radical (unpaired) electrons. The predicted molar refractivity (Wildman–Crippen MR) is 113 cm³/mol. The molecule has 0 spiro atoms. The van der Waals surface area contributed by atoms with E-state index in [-0.39, 0.29) is 24.4 Å². The number of ether oxygens (including phenoxy) is 2. The number of carbonyl (C=O) groups excluding carboxylic acids is 2. The van der Waals surface area contributed by atoms with Crippen molar-refractivity contribution in [1.29, 1.82) is 0 Å². The van der Waals surface area contributed by atoms with E-state index >= 15 is 0 Å². The molecule has 0 bridgehead atoms. The first-order valence-corrected chi connectivity index (χ1v) is 9.81. The third kappa shape index (κ3) is 4.78. The van der Waals surface area contributed by atoms with Gasteiger partial charge in [-0.25, -0.2) is 0 Å². The van der Waals surface area contributed by atoms with Crippen molar-refractivity contribution in [3.63, 3.8) is 0 Å². The lowest BCUT2D eigenvalue weighted by Crippen LogP contribution is -2.39. The average molecular weight is 402 g/mol. The molecular formula is C24H22N2O4. The number of hydrogen-bond donors (Lipinski definition) is 2. The zero-order valence-corrected chi connectivity index (χ0v) is 16.3. The quantitative estimate of drug-likeness (QED) is 0.657. The molecule has 1 aliphatic heterocycles. The van der Waals surface area contributed by atoms with E-state index in [9.17, 15) is 9.59 Å². The third-order valence-corrected chi connectivity index (χ3v) is 4.80. The Kier molecular flexibility index (Phi) is 5.94. The smallest absolute Gasteiger partial charge is 0.251 e. The Hall–Kier alpha value is -3.80. The summed E-state index contributed by atoms with van der Waals surface area (Å²) >= 11 is 0. The number of nitrogens with one attached hydrogen (secondary N) is 2. The van der Waals surface area contributed by atoms with Crippen molar-refractivity contribution in [3.05, 3.63) is 90.0 Å². The zero-order valence-electron chi connectivity index (χ0n) is 16.3. The fraction of sp³-hybridized carbons (Fsp3) is 0.167. The maximum absolute atomic E-state index is 12.4. The number of fused-ring (bicyclic) bond motifs is 1. The van der Waals surface area contributed by atoms with Gasteiger partial charge in [0.25, 0.3) is 5.91 Å². The second-order valence-corrected chi connectivity index (χ2v) is 6.92. The van der Waals surface area contributed by atoms with Crippen LogP contribution in [-0.2, 0) is 4.79 Å². The number of benzene rings is 3. The van der Waals surface area contributed by atoms with E-state index in [1.165, 1.54) is 0 Å². The molecule has 2 N–H and O–H groups in total. The van der Waals surface area contributed by atoms with Gasteiger partial charge < -0.3 is 20.1 Å². The summed E-state index contributed by atoms with van der Waals surface area (Å²) in [5, 5.41) is 5.62. The van der Waals surface area contributed by atoms with Crippen molar-refractivity contribution >= 4 is 11.8 Å². The highest BCUT2D eigenvalue weighted by Crippen LogP contribution is 2.31. The highest BCUT2D eigenvalue weighted by atomic mass is 16.5. The van der Waals surface area contributed by atoms with Crippen molar-refractivity contribution in [1.82, 2.24) is 10.6 Å². The third-order valence-electron chi connectivity index (χ3n) is 4.80. The fourth-order valence-electron chi connectivity index (χ4n) is 3.30. The molecule has 30 heavy (non-hydrogen) atoms. The maximum atomic E-state index is 12.4. The van der Waals surface area contributed by atoms with Crippen molar-refractivity contribution in [2.75, 3.05) is 13.2 Å². The molecule has 0 fully saturated rings. The summed E-state index contributed by atoms with van der Waals surface area (Å²) in [6.07, 6.45) is 0.694. The molecule has 3 aromatic rings. The molecular weight excluding hydrogens is 380 g/mol. The first kappa shape index (κ1) is 19.5. The van der Waals surface area contributed by atoms with Gasteiger partial charge in [-0.2, -0.15) is 0 Å². The molecule has 1 unspecified atom stereocenters. The molecule has 1 aliphatic rings. The largest absolute Gasteiger partial charge is 0.493 e. The minimum Gasteiger partial charge on any atom is -0.493 e. The molecule has 1 atom stereocenters. The van der Waals surface area contributed by atoms with Crippen LogP contribution in [0.1, 0.15) is 28.4 Å². The lowest BCUT2D eigenvalue weighted by Gasteiger charge is -2.26. The molecule has 0 aromatic heterocycles. The Morgan fingerprint density at radius 3 is 2.40 bits per heavy atom. The monoisotopic (exact) mass is 402 g/mol. The topological polar surface area (TPSA) is 76.7 Å². The molecule has 6 nitrogen and oxygen atoms in total. The minimum absolute atomic E-state index is 0.0966. The number of hydrogen-bond acceptors (Lipinski definition) is 4. The summed E-state index contributed by atoms with van der Waals surface area (Å²) in [6.45, 7) is 0.451. The lowest BCUT2D eigenvalue weighted by molar-refractivity contribution is -0.121. The molecule has 4 rings (SSSR count). The summed E-state index contributed by atoms with van der Waals surface area (Å²) in [5.41, 5.74) is 1.41. The highest BCUT2D eigenvalue weighted by Gasteiger charge is 2.22. The van der Waals surface area contributed by atoms with Crippen LogP contribution in [0.3, 0.4) is 0 Å². The SMILES string of the molecule is O=C(CNC(=O)c1ccc(Oc2ccccc2)cc1)NC1CCOc2ccccc21. The highest BCUT2D eigenvalue weighted by molar-refractivity contribution is 5.96. The van der Waals surface area contributed by atoms with Crippen molar-refractivity contribution in [2.45, 2.75) is 12.5 Å². The first-order chi connectivity index (χ1) is 14.7. The second kappa shape index (κ2) is 9.13. The van der Waals surface area contributed by atoms with Gasteiger partial charge in [-0.05, 0) is 42.5 Å². The average Bonchev–Trinajstić information content (AvgIpc) is 2.79. The summed E-state index contributed by atoms with van der Waals surface area (Å²) < 4.78 is 11.3. The molecule has 0 aliphatic carbocycles. The Morgan fingerprint density at radius 2 is 1.60 bits per heavy atom. The number of rotatable bonds is 6. The predicted octanol–water partition coefficient (Wildman–Crippen LogP) is 3.85. The molecule has 6 heteroatoms. The molecule has 1 heterocycles. The van der Waals surface area contributed by atoms with Crippen LogP contribution in [0.5, 0.6) is 17.2 Å². The van der Waals surface area contributed by atoms with Gasteiger partial charge in [0.2, 0.25) is 5.91 Å². The standard InChI is InChI=1S/C24H22N2O4/c27-23(26-21-14-15-29-22-9-5-4-8-20(21)22)16-25-24(28)17-10-12-19(13-11-17)30-18-6-2-1-3-7-18/h1-13,21H,14-16H2,(H,25,28)(H,26,27). The van der Waals surface area contributed by atoms with Gasteiger partial charge in [0.05, 0.1) is 19.2 Å². The molecule has 0 saturated heterocycles. The Bertz CT molecular complexity index is 1020. The van der Waals surface area contributed by atoms with Crippen LogP contribution >= 0.6 is 0 Å². The van der Waals surface area contributed by atoms with Crippen LogP contribution in [0.2, 0.25) is 0 Å². The van der Waals surface area contributed by atoms with Gasteiger partial charge in [0, 0.05) is 17.5 Å². The number of amides is 2. The van der Waals surface area contributed by atoms with E-state index in [0.29, 0.717) is 24.3 Å². The van der Waals surface area contributed by atoms with Crippen LogP contribution in [0.15, 0.2) is 78.9 Å². The van der Waals surface area contributed by atoms with Crippen LogP contribution in [0.25, 0.3) is 0 Å². The van der Waals surface area contributed by atoms with E-state index in [2.05, 4.69) is 10.6 Å². The van der Waals surface area contributed by atoms with Gasteiger partial charge in [-0.3, -0.25) is 9.59 Å². The molecule has 2 amide bonds. The Morgan fingerprint density at radius 1 is 0.900 bits per heavy atom. The lowest BCUT2D eigenvalue weighted by atomic mass is 10.0. The Labute approximate surface area is 174 Å². The van der Waals surface area contributed by atoms with Crippen LogP contribution in [-0.4, -0.2) is 25.0 Å². The van der Waals surface area contributed by atoms with Gasteiger partial charge in [0.15, 0.2) is 0 Å². The zero-order chi connectivity index (χ0) is 20.8.